The van der Waals surface area contributed by atoms with E-state index in [2.05, 4.69) is 5.32 Å². The van der Waals surface area contributed by atoms with Gasteiger partial charge < -0.3 is 19.7 Å². The summed E-state index contributed by atoms with van der Waals surface area (Å²) in [6.45, 7) is 8.84. The second kappa shape index (κ2) is 7.21. The van der Waals surface area contributed by atoms with Gasteiger partial charge in [0.1, 0.15) is 0 Å². The van der Waals surface area contributed by atoms with Crippen LogP contribution in [-0.4, -0.2) is 50.2 Å². The molecule has 0 spiro atoms. The summed E-state index contributed by atoms with van der Waals surface area (Å²) in [6.07, 6.45) is 1.10. The van der Waals surface area contributed by atoms with Crippen LogP contribution >= 0.6 is 0 Å². The van der Waals surface area contributed by atoms with Crippen LogP contribution in [0.1, 0.15) is 30.6 Å². The Labute approximate surface area is 137 Å². The van der Waals surface area contributed by atoms with Crippen molar-refractivity contribution in [2.75, 3.05) is 39.4 Å². The lowest BCUT2D eigenvalue weighted by molar-refractivity contribution is 0.0642. The smallest absolute Gasteiger partial charge is 0.254 e. The number of nitrogens with zero attached hydrogens (tertiary/aromatic N) is 1. The zero-order valence-corrected chi connectivity index (χ0v) is 14.0. The predicted octanol–water partition coefficient (Wildman–Crippen LogP) is 2.17. The number of nitrogens with one attached hydrogen (secondary N) is 1. The van der Waals surface area contributed by atoms with Crippen molar-refractivity contribution in [3.8, 4) is 11.5 Å². The Morgan fingerprint density at radius 1 is 1.17 bits per heavy atom. The molecule has 2 saturated heterocycles. The largest absolute Gasteiger partial charge is 0.490 e. The van der Waals surface area contributed by atoms with Crippen LogP contribution in [0.2, 0.25) is 0 Å². The van der Waals surface area contributed by atoms with Gasteiger partial charge in [-0.3, -0.25) is 4.79 Å². The molecule has 0 saturated carbocycles. The van der Waals surface area contributed by atoms with Crippen LogP contribution in [0.3, 0.4) is 0 Å². The number of benzene rings is 1. The molecular weight excluding hydrogens is 292 g/mol. The number of hydrogen-bond acceptors (Lipinski definition) is 4. The van der Waals surface area contributed by atoms with Gasteiger partial charge in [-0.05, 0) is 63.4 Å². The highest BCUT2D eigenvalue weighted by molar-refractivity contribution is 5.95. The van der Waals surface area contributed by atoms with Gasteiger partial charge in [0, 0.05) is 18.7 Å². The van der Waals surface area contributed by atoms with E-state index in [1.165, 1.54) is 0 Å². The van der Waals surface area contributed by atoms with E-state index in [0.29, 0.717) is 36.2 Å². The monoisotopic (exact) mass is 318 g/mol. The summed E-state index contributed by atoms with van der Waals surface area (Å²) in [5.74, 6) is 2.78. The summed E-state index contributed by atoms with van der Waals surface area (Å²) in [6, 6.07) is 5.50. The van der Waals surface area contributed by atoms with E-state index in [1.807, 2.05) is 36.9 Å². The van der Waals surface area contributed by atoms with E-state index in [4.69, 9.17) is 9.47 Å². The lowest BCUT2D eigenvalue weighted by atomic mass is 9.88. The number of carbonyl (C=O) groups excluding carboxylic acids is 1. The van der Waals surface area contributed by atoms with Gasteiger partial charge in [0.05, 0.1) is 13.2 Å². The molecule has 0 radical (unpaired) electrons. The number of fused-ring (bicyclic) bond motifs is 1. The maximum Gasteiger partial charge on any atom is 0.254 e. The molecule has 23 heavy (non-hydrogen) atoms. The summed E-state index contributed by atoms with van der Waals surface area (Å²) < 4.78 is 11.2. The molecule has 5 nitrogen and oxygen atoms in total. The third kappa shape index (κ3) is 3.44. The molecule has 0 bridgehead atoms. The van der Waals surface area contributed by atoms with Crippen molar-refractivity contribution in [2.24, 2.45) is 11.8 Å². The first-order valence-corrected chi connectivity index (χ1v) is 8.62. The Morgan fingerprint density at radius 3 is 2.70 bits per heavy atom. The van der Waals surface area contributed by atoms with E-state index in [-0.39, 0.29) is 5.91 Å². The fraction of sp³-hybridized carbons (Fsp3) is 0.611. The van der Waals surface area contributed by atoms with E-state index < -0.39 is 0 Å². The standard InChI is InChI=1S/C18H26N2O3/c1-3-22-16-6-5-13(9-17(16)23-4-2)18(21)20-8-7-14-10-19-11-15(14)12-20/h5-6,9,14-15,19H,3-4,7-8,10-12H2,1-2H3. The van der Waals surface area contributed by atoms with Gasteiger partial charge in [0.25, 0.3) is 5.91 Å². The molecule has 2 unspecified atom stereocenters. The average molecular weight is 318 g/mol. The summed E-state index contributed by atoms with van der Waals surface area (Å²) >= 11 is 0. The van der Waals surface area contributed by atoms with Crippen LogP contribution in [0.4, 0.5) is 0 Å². The highest BCUT2D eigenvalue weighted by Gasteiger charge is 2.34. The van der Waals surface area contributed by atoms with E-state index in [0.717, 1.165) is 38.5 Å². The molecule has 1 aromatic rings. The van der Waals surface area contributed by atoms with Crippen molar-refractivity contribution >= 4 is 5.91 Å². The number of rotatable bonds is 5. The van der Waals surface area contributed by atoms with Gasteiger partial charge in [-0.1, -0.05) is 0 Å². The van der Waals surface area contributed by atoms with Gasteiger partial charge in [0.15, 0.2) is 11.5 Å². The Bertz CT molecular complexity index is 561. The normalized spacial score (nSPS) is 23.5. The number of amides is 1. The molecular formula is C18H26N2O3. The van der Waals surface area contributed by atoms with Crippen molar-refractivity contribution in [3.05, 3.63) is 23.8 Å². The van der Waals surface area contributed by atoms with Crippen LogP contribution < -0.4 is 14.8 Å². The zero-order chi connectivity index (χ0) is 16.2. The molecule has 3 rings (SSSR count). The maximum atomic E-state index is 12.8. The molecule has 2 aliphatic heterocycles. The first-order chi connectivity index (χ1) is 11.2. The fourth-order valence-corrected chi connectivity index (χ4v) is 3.59. The molecule has 1 aromatic carbocycles. The highest BCUT2D eigenvalue weighted by Crippen LogP contribution is 2.31. The first-order valence-electron chi connectivity index (χ1n) is 8.62. The van der Waals surface area contributed by atoms with Crippen molar-refractivity contribution in [1.29, 1.82) is 0 Å². The van der Waals surface area contributed by atoms with Crippen LogP contribution in [-0.2, 0) is 0 Å². The number of likely N-dealkylation sites (tertiary alicyclic amines) is 1. The minimum atomic E-state index is 0.0966. The van der Waals surface area contributed by atoms with Crippen LogP contribution in [0, 0.1) is 11.8 Å². The molecule has 1 N–H and O–H groups in total. The van der Waals surface area contributed by atoms with Gasteiger partial charge in [-0.15, -0.1) is 0 Å². The second-order valence-corrected chi connectivity index (χ2v) is 6.25. The molecule has 2 aliphatic rings. The molecule has 2 heterocycles. The Morgan fingerprint density at radius 2 is 1.91 bits per heavy atom. The van der Waals surface area contributed by atoms with Crippen molar-refractivity contribution < 1.29 is 14.3 Å². The minimum Gasteiger partial charge on any atom is -0.490 e. The van der Waals surface area contributed by atoms with Crippen LogP contribution in [0.15, 0.2) is 18.2 Å². The van der Waals surface area contributed by atoms with Crippen LogP contribution in [0.25, 0.3) is 0 Å². The zero-order valence-electron chi connectivity index (χ0n) is 14.0. The first kappa shape index (κ1) is 16.1. The number of ether oxygens (including phenoxy) is 2. The minimum absolute atomic E-state index is 0.0966. The highest BCUT2D eigenvalue weighted by atomic mass is 16.5. The Hall–Kier alpha value is -1.75. The van der Waals surface area contributed by atoms with Crippen molar-refractivity contribution in [1.82, 2.24) is 10.2 Å². The summed E-state index contributed by atoms with van der Waals surface area (Å²) in [5.41, 5.74) is 0.682. The van der Waals surface area contributed by atoms with E-state index in [9.17, 15) is 4.79 Å². The quantitative estimate of drug-likeness (QED) is 0.904. The Kier molecular flexibility index (Phi) is 5.06. The Balaban J connectivity index is 1.75. The molecule has 0 aliphatic carbocycles. The van der Waals surface area contributed by atoms with Gasteiger partial charge in [-0.2, -0.15) is 0 Å². The van der Waals surface area contributed by atoms with Gasteiger partial charge >= 0.3 is 0 Å². The van der Waals surface area contributed by atoms with Gasteiger partial charge in [0.2, 0.25) is 0 Å². The number of carbonyl (C=O) groups is 1. The third-order valence-electron chi connectivity index (χ3n) is 4.78. The molecule has 1 amide bonds. The molecule has 2 atom stereocenters. The predicted molar refractivity (Wildman–Crippen MR) is 89.2 cm³/mol. The SMILES string of the molecule is CCOc1ccc(C(=O)N2CCC3CNCC3C2)cc1OCC. The van der Waals surface area contributed by atoms with E-state index >= 15 is 0 Å². The number of piperidine rings is 1. The van der Waals surface area contributed by atoms with Crippen LogP contribution in [0.5, 0.6) is 11.5 Å². The lowest BCUT2D eigenvalue weighted by Crippen LogP contribution is -2.43. The molecule has 0 aromatic heterocycles. The van der Waals surface area contributed by atoms with Gasteiger partial charge in [-0.25, -0.2) is 0 Å². The molecule has 5 heteroatoms. The van der Waals surface area contributed by atoms with Crippen molar-refractivity contribution in [3.63, 3.8) is 0 Å². The number of hydrogen-bond donors (Lipinski definition) is 1. The third-order valence-corrected chi connectivity index (χ3v) is 4.78. The summed E-state index contributed by atoms with van der Waals surface area (Å²) in [4.78, 5) is 14.8. The average Bonchev–Trinajstić information content (AvgIpc) is 3.04. The van der Waals surface area contributed by atoms with Crippen molar-refractivity contribution in [2.45, 2.75) is 20.3 Å². The molecule has 2 fully saturated rings. The summed E-state index contributed by atoms with van der Waals surface area (Å²) in [5, 5.41) is 3.44. The topological polar surface area (TPSA) is 50.8 Å². The second-order valence-electron chi connectivity index (χ2n) is 6.25. The molecule has 126 valence electrons. The fourth-order valence-electron chi connectivity index (χ4n) is 3.59. The lowest BCUT2D eigenvalue weighted by Gasteiger charge is -2.34. The summed E-state index contributed by atoms with van der Waals surface area (Å²) in [7, 11) is 0. The van der Waals surface area contributed by atoms with E-state index in [1.54, 1.807) is 0 Å². The maximum absolute atomic E-state index is 12.8.